The van der Waals surface area contributed by atoms with Crippen molar-refractivity contribution in [1.29, 1.82) is 0 Å². The average Bonchev–Trinajstić information content (AvgIpc) is 3.49. The van der Waals surface area contributed by atoms with Gasteiger partial charge in [-0.15, -0.1) is 0 Å². The third-order valence-corrected chi connectivity index (χ3v) is 5.95. The first-order valence-electron chi connectivity index (χ1n) is 10.6. The molecule has 4 aromatic rings. The Morgan fingerprint density at radius 1 is 1.32 bits per heavy atom. The zero-order valence-electron chi connectivity index (χ0n) is 18.5. The summed E-state index contributed by atoms with van der Waals surface area (Å²) in [6.07, 6.45) is -1.23. The molecule has 1 aromatic carbocycles. The molecular formula is C23H21F3N4O4. The fraction of sp³-hybridized carbons (Fsp3) is 0.348. The summed E-state index contributed by atoms with van der Waals surface area (Å²) in [5, 5.41) is 10.7. The normalized spacial score (nSPS) is 16.5. The SMILES string of the molecule is Cc1c([C@H]2c3nc[nH]c3CCN2C(=O)c2oc(C(C)(C)O)nc2C(F)F)oc2ccc(F)cc12. The number of halogens is 3. The van der Waals surface area contributed by atoms with Crippen LogP contribution in [0.2, 0.25) is 0 Å². The Morgan fingerprint density at radius 2 is 2.09 bits per heavy atom. The minimum absolute atomic E-state index is 0.144. The molecule has 0 spiro atoms. The number of aliphatic hydroxyl groups is 1. The van der Waals surface area contributed by atoms with Crippen molar-refractivity contribution in [1.82, 2.24) is 19.9 Å². The van der Waals surface area contributed by atoms with Crippen LogP contribution in [0, 0.1) is 12.7 Å². The van der Waals surface area contributed by atoms with Crippen LogP contribution >= 0.6 is 0 Å². The molecule has 1 aliphatic heterocycles. The first-order valence-corrected chi connectivity index (χ1v) is 10.6. The van der Waals surface area contributed by atoms with Crippen LogP contribution < -0.4 is 0 Å². The number of carbonyl (C=O) groups is 1. The number of nitrogens with one attached hydrogen (secondary N) is 1. The fourth-order valence-electron chi connectivity index (χ4n) is 4.26. The molecule has 0 radical (unpaired) electrons. The number of furan rings is 1. The van der Waals surface area contributed by atoms with E-state index < -0.39 is 47.1 Å². The second-order valence-corrected chi connectivity index (χ2v) is 8.74. The number of aromatic amines is 1. The lowest BCUT2D eigenvalue weighted by Gasteiger charge is -2.33. The van der Waals surface area contributed by atoms with E-state index in [0.29, 0.717) is 34.4 Å². The highest BCUT2D eigenvalue weighted by Crippen LogP contribution is 2.40. The topological polar surface area (TPSA) is 108 Å². The Balaban J connectivity index is 1.66. The van der Waals surface area contributed by atoms with Gasteiger partial charge in [0.25, 0.3) is 12.3 Å². The number of hydrogen-bond acceptors (Lipinski definition) is 6. The zero-order valence-corrected chi connectivity index (χ0v) is 18.5. The summed E-state index contributed by atoms with van der Waals surface area (Å²) in [4.78, 5) is 26.0. The van der Waals surface area contributed by atoms with E-state index in [-0.39, 0.29) is 6.54 Å². The van der Waals surface area contributed by atoms with Crippen molar-refractivity contribution in [2.24, 2.45) is 0 Å². The predicted molar refractivity (Wildman–Crippen MR) is 113 cm³/mol. The molecule has 0 saturated carbocycles. The van der Waals surface area contributed by atoms with Gasteiger partial charge in [0.2, 0.25) is 11.7 Å². The lowest BCUT2D eigenvalue weighted by molar-refractivity contribution is 0.0437. The van der Waals surface area contributed by atoms with Crippen molar-refractivity contribution in [2.75, 3.05) is 6.54 Å². The highest BCUT2D eigenvalue weighted by Gasteiger charge is 2.41. The van der Waals surface area contributed by atoms with Gasteiger partial charge in [-0.2, -0.15) is 0 Å². The molecule has 3 aromatic heterocycles. The van der Waals surface area contributed by atoms with Crippen molar-refractivity contribution in [3.05, 3.63) is 70.4 Å². The quantitative estimate of drug-likeness (QED) is 0.450. The Morgan fingerprint density at radius 3 is 2.79 bits per heavy atom. The van der Waals surface area contributed by atoms with E-state index in [1.807, 2.05) is 0 Å². The molecule has 0 fully saturated rings. The van der Waals surface area contributed by atoms with Crippen LogP contribution in [0.4, 0.5) is 13.2 Å². The van der Waals surface area contributed by atoms with Gasteiger partial charge in [0.15, 0.2) is 5.69 Å². The highest BCUT2D eigenvalue weighted by molar-refractivity contribution is 5.93. The van der Waals surface area contributed by atoms with Crippen LogP contribution in [0.3, 0.4) is 0 Å². The molecule has 0 saturated heterocycles. The van der Waals surface area contributed by atoms with Gasteiger partial charge in [0, 0.05) is 29.6 Å². The summed E-state index contributed by atoms with van der Waals surface area (Å²) in [6, 6.07) is 3.21. The van der Waals surface area contributed by atoms with Crippen molar-refractivity contribution in [3.8, 4) is 0 Å². The number of carbonyl (C=O) groups excluding carboxylic acids is 1. The van der Waals surface area contributed by atoms with Gasteiger partial charge in [0.05, 0.1) is 12.0 Å². The maximum absolute atomic E-state index is 13.9. The van der Waals surface area contributed by atoms with Gasteiger partial charge in [0.1, 0.15) is 28.8 Å². The minimum atomic E-state index is -3.10. The second kappa shape index (κ2) is 7.73. The van der Waals surface area contributed by atoms with E-state index in [1.165, 1.54) is 43.3 Å². The molecule has 5 rings (SSSR count). The van der Waals surface area contributed by atoms with Crippen molar-refractivity contribution >= 4 is 16.9 Å². The van der Waals surface area contributed by atoms with Crippen LogP contribution in [-0.4, -0.2) is 37.4 Å². The summed E-state index contributed by atoms with van der Waals surface area (Å²) in [5.41, 5.74) is -0.250. The van der Waals surface area contributed by atoms with Gasteiger partial charge in [-0.3, -0.25) is 4.79 Å². The maximum Gasteiger partial charge on any atom is 0.292 e. The number of fused-ring (bicyclic) bond motifs is 2. The van der Waals surface area contributed by atoms with E-state index >= 15 is 0 Å². The monoisotopic (exact) mass is 474 g/mol. The number of alkyl halides is 2. The predicted octanol–water partition coefficient (Wildman–Crippen LogP) is 4.54. The van der Waals surface area contributed by atoms with E-state index in [9.17, 15) is 23.1 Å². The minimum Gasteiger partial charge on any atom is -0.458 e. The first-order chi connectivity index (χ1) is 16.1. The lowest BCUT2D eigenvalue weighted by atomic mass is 9.97. The number of aryl methyl sites for hydroxylation is 1. The zero-order chi connectivity index (χ0) is 24.4. The average molecular weight is 474 g/mol. The summed E-state index contributed by atoms with van der Waals surface area (Å²) in [6.45, 7) is 4.51. The molecule has 11 heteroatoms. The third kappa shape index (κ3) is 3.47. The molecule has 2 N–H and O–H groups in total. The Bertz CT molecular complexity index is 1400. The lowest BCUT2D eigenvalue weighted by Crippen LogP contribution is -2.41. The molecule has 0 unspecified atom stereocenters. The number of rotatable bonds is 4. The summed E-state index contributed by atoms with van der Waals surface area (Å²) in [7, 11) is 0. The fourth-order valence-corrected chi connectivity index (χ4v) is 4.26. The van der Waals surface area contributed by atoms with Crippen LogP contribution in [-0.2, 0) is 12.0 Å². The molecule has 1 aliphatic rings. The van der Waals surface area contributed by atoms with Gasteiger partial charge < -0.3 is 23.8 Å². The number of hydrogen-bond donors (Lipinski definition) is 2. The van der Waals surface area contributed by atoms with Gasteiger partial charge in [-0.05, 0) is 39.0 Å². The standard InChI is InChI=1S/C23H21F3N4O4/c1-10-12-8-11(24)4-5-14(12)33-18(10)17-15-13(27-9-28-15)6-7-30(17)21(31)19-16(20(25)26)29-22(34-19)23(2,3)32/h4-5,8-9,17,20,32H,6-7H2,1-3H3,(H,27,28)/t17-/m1/s1. The largest absolute Gasteiger partial charge is 0.458 e. The van der Waals surface area contributed by atoms with Crippen molar-refractivity contribution in [3.63, 3.8) is 0 Å². The number of nitrogens with zero attached hydrogens (tertiary/aromatic N) is 3. The number of benzene rings is 1. The van der Waals surface area contributed by atoms with Crippen molar-refractivity contribution in [2.45, 2.75) is 45.3 Å². The number of H-pyrrole nitrogens is 1. The summed E-state index contributed by atoms with van der Waals surface area (Å²) in [5.74, 6) is -2.00. The van der Waals surface area contributed by atoms with Gasteiger partial charge in [-0.1, -0.05) is 0 Å². The van der Waals surface area contributed by atoms with E-state index in [0.717, 1.165) is 5.69 Å². The van der Waals surface area contributed by atoms with Crippen LogP contribution in [0.15, 0.2) is 33.4 Å². The van der Waals surface area contributed by atoms with Crippen LogP contribution in [0.1, 0.15) is 71.2 Å². The van der Waals surface area contributed by atoms with Gasteiger partial charge in [-0.25, -0.2) is 23.1 Å². The third-order valence-electron chi connectivity index (χ3n) is 5.95. The molecule has 8 nitrogen and oxygen atoms in total. The van der Waals surface area contributed by atoms with Gasteiger partial charge >= 0.3 is 0 Å². The number of amides is 1. The Hall–Kier alpha value is -3.60. The molecule has 0 bridgehead atoms. The maximum atomic E-state index is 13.9. The molecular weight excluding hydrogens is 453 g/mol. The smallest absolute Gasteiger partial charge is 0.292 e. The van der Waals surface area contributed by atoms with Crippen LogP contribution in [0.5, 0.6) is 0 Å². The highest BCUT2D eigenvalue weighted by atomic mass is 19.3. The van der Waals surface area contributed by atoms with E-state index in [4.69, 9.17) is 8.83 Å². The molecule has 178 valence electrons. The second-order valence-electron chi connectivity index (χ2n) is 8.74. The number of oxazole rings is 1. The van der Waals surface area contributed by atoms with Crippen molar-refractivity contribution < 1.29 is 31.9 Å². The molecule has 4 heterocycles. The molecule has 1 amide bonds. The first kappa shape index (κ1) is 22.2. The number of imidazole rings is 1. The molecule has 0 aliphatic carbocycles. The number of aromatic nitrogens is 3. The van der Waals surface area contributed by atoms with E-state index in [2.05, 4.69) is 15.0 Å². The Labute approximate surface area is 191 Å². The molecule has 1 atom stereocenters. The van der Waals surface area contributed by atoms with Crippen LogP contribution in [0.25, 0.3) is 11.0 Å². The van der Waals surface area contributed by atoms with E-state index in [1.54, 1.807) is 6.92 Å². The molecule has 34 heavy (non-hydrogen) atoms. The summed E-state index contributed by atoms with van der Waals surface area (Å²) >= 11 is 0. The summed E-state index contributed by atoms with van der Waals surface area (Å²) < 4.78 is 52.8. The Kier molecular flexibility index (Phi) is 5.05.